The van der Waals surface area contributed by atoms with Crippen molar-refractivity contribution in [3.63, 3.8) is 0 Å². The Labute approximate surface area is 165 Å². The lowest BCUT2D eigenvalue weighted by atomic mass is 10.1. The molecular formula is C20H18N2O5S. The van der Waals surface area contributed by atoms with Gasteiger partial charge < -0.3 is 10.1 Å². The van der Waals surface area contributed by atoms with Crippen LogP contribution in [0.5, 0.6) is 0 Å². The number of nitro benzene ring substituents is 1. The van der Waals surface area contributed by atoms with E-state index in [1.54, 1.807) is 18.2 Å². The molecule has 0 aliphatic rings. The summed E-state index contributed by atoms with van der Waals surface area (Å²) in [6.07, 6.45) is -0.0847. The number of rotatable bonds is 6. The van der Waals surface area contributed by atoms with Gasteiger partial charge in [0.1, 0.15) is 4.88 Å². The number of anilines is 1. The molecule has 1 heterocycles. The number of non-ortho nitro benzene ring substituents is 1. The molecule has 144 valence electrons. The normalized spacial score (nSPS) is 11.8. The number of thiophene rings is 1. The number of amides is 1. The molecule has 1 amide bonds. The van der Waals surface area contributed by atoms with Crippen molar-refractivity contribution in [1.82, 2.24) is 0 Å². The predicted molar refractivity (Wildman–Crippen MR) is 108 cm³/mol. The molecule has 3 rings (SSSR count). The number of hydrogen-bond acceptors (Lipinski definition) is 6. The number of nitro groups is 1. The number of nitrogens with one attached hydrogen (secondary N) is 1. The maximum atomic E-state index is 12.4. The van der Waals surface area contributed by atoms with Crippen molar-refractivity contribution < 1.29 is 19.2 Å². The number of aryl methyl sites for hydroxylation is 1. The molecule has 2 aromatic carbocycles. The third kappa shape index (κ3) is 4.34. The zero-order valence-corrected chi connectivity index (χ0v) is 16.1. The van der Waals surface area contributed by atoms with Crippen LogP contribution in [0.15, 0.2) is 48.5 Å². The van der Waals surface area contributed by atoms with E-state index in [9.17, 15) is 19.7 Å². The van der Waals surface area contributed by atoms with Crippen molar-refractivity contribution in [2.24, 2.45) is 0 Å². The van der Waals surface area contributed by atoms with Gasteiger partial charge >= 0.3 is 5.97 Å². The number of nitrogens with zero attached hydrogens (tertiary/aromatic N) is 1. The first-order valence-corrected chi connectivity index (χ1v) is 9.48. The fourth-order valence-corrected chi connectivity index (χ4v) is 3.51. The monoisotopic (exact) mass is 398 g/mol. The molecule has 1 aromatic heterocycles. The highest BCUT2D eigenvalue weighted by molar-refractivity contribution is 7.20. The Bertz CT molecular complexity index is 1040. The first-order chi connectivity index (χ1) is 13.4. The number of hydrogen-bond donors (Lipinski definition) is 1. The average molecular weight is 398 g/mol. The second kappa shape index (κ2) is 8.18. The van der Waals surface area contributed by atoms with E-state index in [-0.39, 0.29) is 10.6 Å². The standard InChI is InChI=1S/C20H18N2O5S/c1-3-13-4-6-15(7-5-13)21-19(23)12(2)27-20(24)18-11-14-10-16(22(25)26)8-9-17(14)28-18/h4-12H,3H2,1-2H3,(H,21,23). The van der Waals surface area contributed by atoms with Crippen molar-refractivity contribution in [1.29, 1.82) is 0 Å². The van der Waals surface area contributed by atoms with Crippen molar-refractivity contribution in [2.45, 2.75) is 26.4 Å². The first kappa shape index (κ1) is 19.5. The molecule has 3 aromatic rings. The van der Waals surface area contributed by atoms with Crippen molar-refractivity contribution >= 4 is 44.7 Å². The van der Waals surface area contributed by atoms with E-state index in [1.165, 1.54) is 25.1 Å². The molecule has 1 unspecified atom stereocenters. The third-order valence-corrected chi connectivity index (χ3v) is 5.29. The summed E-state index contributed by atoms with van der Waals surface area (Å²) in [5.74, 6) is -1.08. The highest BCUT2D eigenvalue weighted by Crippen LogP contribution is 2.29. The smallest absolute Gasteiger partial charge is 0.349 e. The van der Waals surface area contributed by atoms with E-state index in [0.717, 1.165) is 28.0 Å². The predicted octanol–water partition coefficient (Wildman–Crippen LogP) is 4.56. The maximum Gasteiger partial charge on any atom is 0.349 e. The lowest BCUT2D eigenvalue weighted by molar-refractivity contribution is -0.384. The largest absolute Gasteiger partial charge is 0.448 e. The number of carbonyl (C=O) groups is 2. The van der Waals surface area contributed by atoms with Crippen LogP contribution >= 0.6 is 11.3 Å². The number of fused-ring (bicyclic) bond motifs is 1. The molecule has 1 N–H and O–H groups in total. The van der Waals surface area contributed by atoms with Crippen LogP contribution in [0.2, 0.25) is 0 Å². The van der Waals surface area contributed by atoms with Crippen LogP contribution in [-0.4, -0.2) is 22.9 Å². The summed E-state index contributed by atoms with van der Waals surface area (Å²) in [4.78, 5) is 35.3. The minimum Gasteiger partial charge on any atom is -0.448 e. The van der Waals surface area contributed by atoms with Crippen LogP contribution in [0.1, 0.15) is 29.1 Å². The zero-order valence-electron chi connectivity index (χ0n) is 15.3. The van der Waals surface area contributed by atoms with Gasteiger partial charge in [-0.15, -0.1) is 11.3 Å². The molecule has 7 nitrogen and oxygen atoms in total. The summed E-state index contributed by atoms with van der Waals surface area (Å²) in [5, 5.41) is 14.2. The number of benzene rings is 2. The maximum absolute atomic E-state index is 12.4. The van der Waals surface area contributed by atoms with Gasteiger partial charge in [-0.1, -0.05) is 19.1 Å². The number of ether oxygens (including phenoxy) is 1. The summed E-state index contributed by atoms with van der Waals surface area (Å²) in [5.41, 5.74) is 1.73. The fraction of sp³-hybridized carbons (Fsp3) is 0.200. The minimum absolute atomic E-state index is 0.0490. The van der Waals surface area contributed by atoms with Gasteiger partial charge in [-0.3, -0.25) is 14.9 Å². The van der Waals surface area contributed by atoms with Crippen LogP contribution in [0.4, 0.5) is 11.4 Å². The average Bonchev–Trinajstić information content (AvgIpc) is 3.12. The van der Waals surface area contributed by atoms with Crippen LogP contribution in [0.25, 0.3) is 10.1 Å². The van der Waals surface area contributed by atoms with E-state index in [0.29, 0.717) is 11.1 Å². The molecule has 0 aliphatic carbocycles. The van der Waals surface area contributed by atoms with Crippen molar-refractivity contribution in [3.8, 4) is 0 Å². The summed E-state index contributed by atoms with van der Waals surface area (Å²) in [6.45, 7) is 3.53. The van der Waals surface area contributed by atoms with Gasteiger partial charge in [-0.2, -0.15) is 0 Å². The Hall–Kier alpha value is -3.26. The fourth-order valence-electron chi connectivity index (χ4n) is 2.58. The Morgan fingerprint density at radius 1 is 1.18 bits per heavy atom. The second-order valence-corrected chi connectivity index (χ2v) is 7.26. The van der Waals surface area contributed by atoms with Gasteiger partial charge in [-0.05, 0) is 43.2 Å². The zero-order chi connectivity index (χ0) is 20.3. The molecule has 0 aliphatic heterocycles. The van der Waals surface area contributed by atoms with E-state index in [2.05, 4.69) is 5.32 Å². The van der Waals surface area contributed by atoms with E-state index in [4.69, 9.17) is 4.74 Å². The van der Waals surface area contributed by atoms with E-state index in [1.807, 2.05) is 19.1 Å². The molecule has 0 spiro atoms. The Kier molecular flexibility index (Phi) is 5.70. The summed E-state index contributed by atoms with van der Waals surface area (Å²) in [6, 6.07) is 13.3. The Balaban J connectivity index is 1.66. The molecule has 0 bridgehead atoms. The van der Waals surface area contributed by atoms with Crippen molar-refractivity contribution in [2.75, 3.05) is 5.32 Å². The topological polar surface area (TPSA) is 98.5 Å². The Morgan fingerprint density at radius 3 is 2.54 bits per heavy atom. The SMILES string of the molecule is CCc1ccc(NC(=O)C(C)OC(=O)c2cc3cc([N+](=O)[O-])ccc3s2)cc1. The van der Waals surface area contributed by atoms with E-state index >= 15 is 0 Å². The molecule has 0 fully saturated rings. The summed E-state index contributed by atoms with van der Waals surface area (Å²) >= 11 is 1.16. The van der Waals surface area contributed by atoms with Crippen LogP contribution in [0, 0.1) is 10.1 Å². The van der Waals surface area contributed by atoms with Gasteiger partial charge in [0.2, 0.25) is 0 Å². The highest BCUT2D eigenvalue weighted by Gasteiger charge is 2.21. The number of carbonyl (C=O) groups excluding carboxylic acids is 2. The van der Waals surface area contributed by atoms with Gasteiger partial charge in [-0.25, -0.2) is 4.79 Å². The molecule has 0 radical (unpaired) electrons. The van der Waals surface area contributed by atoms with E-state index < -0.39 is 22.9 Å². The van der Waals surface area contributed by atoms with Gasteiger partial charge in [0.05, 0.1) is 4.92 Å². The van der Waals surface area contributed by atoms with Gasteiger partial charge in [0.15, 0.2) is 6.10 Å². The summed E-state index contributed by atoms with van der Waals surface area (Å²) in [7, 11) is 0. The highest BCUT2D eigenvalue weighted by atomic mass is 32.1. The minimum atomic E-state index is -0.988. The number of esters is 1. The Morgan fingerprint density at radius 2 is 1.89 bits per heavy atom. The third-order valence-electron chi connectivity index (χ3n) is 4.19. The summed E-state index contributed by atoms with van der Waals surface area (Å²) < 4.78 is 5.98. The van der Waals surface area contributed by atoms with Crippen LogP contribution in [-0.2, 0) is 16.0 Å². The van der Waals surface area contributed by atoms with Gasteiger partial charge in [0.25, 0.3) is 11.6 Å². The quantitative estimate of drug-likeness (QED) is 0.373. The lowest BCUT2D eigenvalue weighted by Crippen LogP contribution is -2.29. The molecule has 0 saturated heterocycles. The van der Waals surface area contributed by atoms with Crippen LogP contribution < -0.4 is 5.32 Å². The van der Waals surface area contributed by atoms with Crippen LogP contribution in [0.3, 0.4) is 0 Å². The molecule has 0 saturated carbocycles. The molecule has 1 atom stereocenters. The lowest BCUT2D eigenvalue weighted by Gasteiger charge is -2.13. The van der Waals surface area contributed by atoms with Gasteiger partial charge in [0, 0.05) is 27.9 Å². The molecule has 28 heavy (non-hydrogen) atoms. The van der Waals surface area contributed by atoms with Crippen molar-refractivity contribution in [3.05, 3.63) is 69.1 Å². The molecule has 8 heteroatoms. The second-order valence-electron chi connectivity index (χ2n) is 6.18. The molecular weight excluding hydrogens is 380 g/mol. The first-order valence-electron chi connectivity index (χ1n) is 8.66.